The number of carbonyl (C=O) groups excluding carboxylic acids is 2. The fourth-order valence-corrected chi connectivity index (χ4v) is 2.72. The molecule has 1 aromatic carbocycles. The monoisotopic (exact) mass is 324 g/mol. The first kappa shape index (κ1) is 17.7. The van der Waals surface area contributed by atoms with Gasteiger partial charge in [-0.05, 0) is 11.3 Å². The van der Waals surface area contributed by atoms with E-state index < -0.39 is 6.04 Å². The highest BCUT2D eigenvalue weighted by atomic mass is 32.2. The van der Waals surface area contributed by atoms with Crippen molar-refractivity contribution in [1.82, 2.24) is 10.6 Å². The van der Waals surface area contributed by atoms with Gasteiger partial charge in [0.2, 0.25) is 11.8 Å². The SMILES string of the molecule is CCSC(=S)CNC(=O)[C@H](Cc1ccccc1)NC(C)=O. The Kier molecular flexibility index (Phi) is 8.00. The van der Waals surface area contributed by atoms with Gasteiger partial charge >= 0.3 is 0 Å². The summed E-state index contributed by atoms with van der Waals surface area (Å²) >= 11 is 6.67. The van der Waals surface area contributed by atoms with E-state index >= 15 is 0 Å². The fraction of sp³-hybridized carbons (Fsp3) is 0.400. The number of carbonyl (C=O) groups is 2. The molecule has 0 spiro atoms. The fourth-order valence-electron chi connectivity index (χ4n) is 1.80. The zero-order valence-electron chi connectivity index (χ0n) is 12.2. The maximum absolute atomic E-state index is 12.2. The Hall–Kier alpha value is -1.40. The van der Waals surface area contributed by atoms with E-state index in [2.05, 4.69) is 10.6 Å². The highest BCUT2D eigenvalue weighted by Gasteiger charge is 2.19. The van der Waals surface area contributed by atoms with Crippen molar-refractivity contribution < 1.29 is 9.59 Å². The number of hydrogen-bond acceptors (Lipinski definition) is 4. The lowest BCUT2D eigenvalue weighted by Crippen LogP contribution is -2.48. The summed E-state index contributed by atoms with van der Waals surface area (Å²) in [6.07, 6.45) is 0.458. The number of rotatable bonds is 7. The molecule has 1 aromatic rings. The van der Waals surface area contributed by atoms with Gasteiger partial charge in [0.05, 0.1) is 10.7 Å². The lowest BCUT2D eigenvalue weighted by Gasteiger charge is -2.17. The average molecular weight is 324 g/mol. The number of thiocarbonyl (C=S) groups is 1. The predicted octanol–water partition coefficient (Wildman–Crippen LogP) is 1.93. The second-order valence-corrected chi connectivity index (χ2v) is 6.58. The van der Waals surface area contributed by atoms with E-state index in [1.165, 1.54) is 18.7 Å². The molecule has 0 bridgehead atoms. The standard InChI is InChI=1S/C15H20N2O2S2/c1-3-21-14(20)10-16-15(19)13(17-11(2)18)9-12-7-5-4-6-8-12/h4-8,13H,3,9-10H2,1-2H3,(H,16,19)(H,17,18)/t13-/m0/s1. The molecule has 1 atom stereocenters. The van der Waals surface area contributed by atoms with Crippen LogP contribution >= 0.6 is 24.0 Å². The van der Waals surface area contributed by atoms with Crippen molar-refractivity contribution in [2.45, 2.75) is 26.3 Å². The third-order valence-electron chi connectivity index (χ3n) is 2.69. The van der Waals surface area contributed by atoms with Crippen molar-refractivity contribution in [3.05, 3.63) is 35.9 Å². The van der Waals surface area contributed by atoms with Crippen molar-refractivity contribution in [3.8, 4) is 0 Å². The quantitative estimate of drug-likeness (QED) is 0.753. The molecule has 0 heterocycles. The Labute approximate surface area is 135 Å². The minimum Gasteiger partial charge on any atom is -0.349 e. The van der Waals surface area contributed by atoms with Gasteiger partial charge in [-0.25, -0.2) is 0 Å². The summed E-state index contributed by atoms with van der Waals surface area (Å²) in [6.45, 7) is 3.76. The third-order valence-corrected chi connectivity index (χ3v) is 3.94. The van der Waals surface area contributed by atoms with Crippen molar-refractivity contribution in [3.63, 3.8) is 0 Å². The van der Waals surface area contributed by atoms with Gasteiger partial charge in [-0.15, -0.1) is 11.8 Å². The summed E-state index contributed by atoms with van der Waals surface area (Å²) < 4.78 is 0.743. The van der Waals surface area contributed by atoms with Crippen LogP contribution in [0.25, 0.3) is 0 Å². The smallest absolute Gasteiger partial charge is 0.243 e. The van der Waals surface area contributed by atoms with Gasteiger partial charge in [0.25, 0.3) is 0 Å². The molecule has 2 amide bonds. The Morgan fingerprint density at radius 2 is 1.95 bits per heavy atom. The molecule has 0 unspecified atom stereocenters. The van der Waals surface area contributed by atoms with E-state index in [0.717, 1.165) is 15.5 Å². The Morgan fingerprint density at radius 3 is 2.52 bits per heavy atom. The van der Waals surface area contributed by atoms with Crippen LogP contribution in [-0.4, -0.2) is 34.4 Å². The Bertz CT molecular complexity index is 492. The molecule has 1 rings (SSSR count). The molecule has 2 N–H and O–H groups in total. The number of hydrogen-bond donors (Lipinski definition) is 2. The summed E-state index contributed by atoms with van der Waals surface area (Å²) in [5, 5.41) is 5.46. The van der Waals surface area contributed by atoms with E-state index in [0.29, 0.717) is 13.0 Å². The molecule has 4 nitrogen and oxygen atoms in total. The second kappa shape index (κ2) is 9.52. The minimum absolute atomic E-state index is 0.215. The topological polar surface area (TPSA) is 58.2 Å². The van der Waals surface area contributed by atoms with Crippen LogP contribution in [0.3, 0.4) is 0 Å². The molecule has 6 heteroatoms. The van der Waals surface area contributed by atoms with E-state index in [1.54, 1.807) is 0 Å². The number of benzene rings is 1. The van der Waals surface area contributed by atoms with Gasteiger partial charge < -0.3 is 10.6 Å². The molecule has 0 aliphatic rings. The van der Waals surface area contributed by atoms with Crippen LogP contribution in [-0.2, 0) is 16.0 Å². The summed E-state index contributed by atoms with van der Waals surface area (Å²) in [5.74, 6) is 0.443. The van der Waals surface area contributed by atoms with Crippen LogP contribution < -0.4 is 10.6 Å². The summed E-state index contributed by atoms with van der Waals surface area (Å²) in [4.78, 5) is 23.5. The lowest BCUT2D eigenvalue weighted by molar-refractivity contribution is -0.127. The van der Waals surface area contributed by atoms with Gasteiger partial charge in [-0.3, -0.25) is 9.59 Å². The molecular formula is C15H20N2O2S2. The van der Waals surface area contributed by atoms with Crippen LogP contribution in [0.15, 0.2) is 30.3 Å². The maximum Gasteiger partial charge on any atom is 0.243 e. The van der Waals surface area contributed by atoms with E-state index in [-0.39, 0.29) is 11.8 Å². The summed E-state index contributed by atoms with van der Waals surface area (Å²) in [5.41, 5.74) is 0.997. The molecule has 0 saturated carbocycles. The van der Waals surface area contributed by atoms with E-state index in [4.69, 9.17) is 12.2 Å². The Morgan fingerprint density at radius 1 is 1.29 bits per heavy atom. The number of amides is 2. The first-order valence-corrected chi connectivity index (χ1v) is 8.16. The highest BCUT2D eigenvalue weighted by Crippen LogP contribution is 2.05. The van der Waals surface area contributed by atoms with Crippen LogP contribution in [0.1, 0.15) is 19.4 Å². The van der Waals surface area contributed by atoms with Gasteiger partial charge in [-0.2, -0.15) is 0 Å². The van der Waals surface area contributed by atoms with Crippen molar-refractivity contribution >= 4 is 40.0 Å². The van der Waals surface area contributed by atoms with Gasteiger partial charge in [0.15, 0.2) is 0 Å². The Balaban J connectivity index is 2.62. The van der Waals surface area contributed by atoms with Gasteiger partial charge in [0.1, 0.15) is 6.04 Å². The zero-order valence-corrected chi connectivity index (χ0v) is 13.9. The molecular weight excluding hydrogens is 304 g/mol. The number of thioether (sulfide) groups is 1. The first-order chi connectivity index (χ1) is 10.0. The van der Waals surface area contributed by atoms with E-state index in [1.807, 2.05) is 37.3 Å². The normalized spacial score (nSPS) is 11.5. The van der Waals surface area contributed by atoms with Crippen LogP contribution in [0, 0.1) is 0 Å². The average Bonchev–Trinajstić information content (AvgIpc) is 2.45. The lowest BCUT2D eigenvalue weighted by atomic mass is 10.1. The molecule has 0 aliphatic carbocycles. The predicted molar refractivity (Wildman–Crippen MR) is 91.5 cm³/mol. The second-order valence-electron chi connectivity index (χ2n) is 4.47. The molecule has 0 saturated heterocycles. The summed E-state index contributed by atoms with van der Waals surface area (Å²) in [7, 11) is 0. The molecule has 21 heavy (non-hydrogen) atoms. The first-order valence-electron chi connectivity index (χ1n) is 6.77. The largest absolute Gasteiger partial charge is 0.349 e. The third kappa shape index (κ3) is 7.24. The molecule has 114 valence electrons. The highest BCUT2D eigenvalue weighted by molar-refractivity contribution is 8.23. The van der Waals surface area contributed by atoms with Gasteiger partial charge in [0, 0.05) is 13.3 Å². The van der Waals surface area contributed by atoms with Crippen molar-refractivity contribution in [1.29, 1.82) is 0 Å². The molecule has 0 fully saturated rings. The van der Waals surface area contributed by atoms with Crippen LogP contribution in [0.5, 0.6) is 0 Å². The summed E-state index contributed by atoms with van der Waals surface area (Å²) in [6, 6.07) is 9.01. The number of nitrogens with one attached hydrogen (secondary N) is 2. The van der Waals surface area contributed by atoms with Crippen molar-refractivity contribution in [2.75, 3.05) is 12.3 Å². The van der Waals surface area contributed by atoms with Gasteiger partial charge in [-0.1, -0.05) is 49.5 Å². The maximum atomic E-state index is 12.2. The molecule has 0 aromatic heterocycles. The van der Waals surface area contributed by atoms with Crippen LogP contribution in [0.4, 0.5) is 0 Å². The molecule has 0 radical (unpaired) electrons. The van der Waals surface area contributed by atoms with Crippen molar-refractivity contribution in [2.24, 2.45) is 0 Å². The zero-order chi connectivity index (χ0) is 15.7. The minimum atomic E-state index is -0.584. The van der Waals surface area contributed by atoms with Crippen LogP contribution in [0.2, 0.25) is 0 Å². The van der Waals surface area contributed by atoms with E-state index in [9.17, 15) is 9.59 Å². The molecule has 0 aliphatic heterocycles.